The van der Waals surface area contributed by atoms with Crippen LogP contribution in [0, 0.1) is 5.41 Å². The van der Waals surface area contributed by atoms with Gasteiger partial charge < -0.3 is 19.4 Å². The molecule has 1 aliphatic carbocycles. The number of hydrogen-bond donors (Lipinski definition) is 0. The minimum atomic E-state index is -2.81. The molecule has 0 bridgehead atoms. The summed E-state index contributed by atoms with van der Waals surface area (Å²) < 4.78 is 32.4. The van der Waals surface area contributed by atoms with Crippen molar-refractivity contribution in [3.05, 3.63) is 23.9 Å². The third kappa shape index (κ3) is 4.44. The van der Waals surface area contributed by atoms with Gasteiger partial charge in [-0.2, -0.15) is 0 Å². The molecule has 1 aromatic rings. The molecule has 186 valence electrons. The zero-order valence-electron chi connectivity index (χ0n) is 19.7. The number of pyridine rings is 1. The van der Waals surface area contributed by atoms with Crippen LogP contribution in [-0.4, -0.2) is 103 Å². The van der Waals surface area contributed by atoms with Crippen molar-refractivity contribution in [1.29, 1.82) is 0 Å². The number of piperazine rings is 1. The van der Waals surface area contributed by atoms with Gasteiger partial charge in [-0.15, -0.1) is 0 Å². The van der Waals surface area contributed by atoms with Gasteiger partial charge in [-0.3, -0.25) is 9.69 Å². The molecule has 0 aromatic carbocycles. The third-order valence-corrected chi connectivity index (χ3v) is 7.86. The Morgan fingerprint density at radius 1 is 1.09 bits per heavy atom. The Labute approximate surface area is 198 Å². The van der Waals surface area contributed by atoms with E-state index in [9.17, 15) is 18.4 Å². The normalized spacial score (nSPS) is 26.1. The molecule has 10 heteroatoms. The van der Waals surface area contributed by atoms with Crippen LogP contribution < -0.4 is 4.90 Å². The average molecular weight is 478 g/mol. The Morgan fingerprint density at radius 3 is 2.53 bits per heavy atom. The van der Waals surface area contributed by atoms with Gasteiger partial charge in [0.2, 0.25) is 0 Å². The zero-order valence-corrected chi connectivity index (χ0v) is 19.7. The molecule has 1 atom stereocenters. The molecule has 0 radical (unpaired) electrons. The summed E-state index contributed by atoms with van der Waals surface area (Å²) in [5.41, 5.74) is 0.634. The maximum absolute atomic E-state index is 13.6. The number of alkyl halides is 2. The van der Waals surface area contributed by atoms with Gasteiger partial charge in [0.25, 0.3) is 11.8 Å². The monoisotopic (exact) mass is 477 g/mol. The fraction of sp³-hybridized carbons (Fsp3) is 0.708. The molecule has 4 aliphatic rings. The van der Waals surface area contributed by atoms with Gasteiger partial charge in [-0.25, -0.2) is 18.6 Å². The number of halogens is 2. The lowest BCUT2D eigenvalue weighted by molar-refractivity contribution is -0.00295. The first-order valence-corrected chi connectivity index (χ1v) is 12.3. The molecular formula is C24H33F2N5O3. The van der Waals surface area contributed by atoms with E-state index >= 15 is 0 Å². The van der Waals surface area contributed by atoms with Crippen molar-refractivity contribution in [3.63, 3.8) is 0 Å². The van der Waals surface area contributed by atoms with Crippen molar-refractivity contribution in [2.75, 3.05) is 63.9 Å². The van der Waals surface area contributed by atoms with Gasteiger partial charge in [0, 0.05) is 69.9 Å². The number of aromatic nitrogens is 1. The Morgan fingerprint density at radius 2 is 1.85 bits per heavy atom. The lowest BCUT2D eigenvalue weighted by Crippen LogP contribution is -2.58. The Hall–Kier alpha value is -2.49. The van der Waals surface area contributed by atoms with E-state index in [0.29, 0.717) is 24.0 Å². The van der Waals surface area contributed by atoms with Gasteiger partial charge >= 0.3 is 6.09 Å². The van der Waals surface area contributed by atoms with Crippen LogP contribution in [0.4, 0.5) is 19.4 Å². The SMILES string of the molecule is CCOC(=O)N1CC2(CC[C@@H](N3CCN(c4ncccc4C(=O)N4CCC(F)(F)C4)CC3)C2)C1. The maximum Gasteiger partial charge on any atom is 0.409 e. The number of anilines is 1. The second-order valence-electron chi connectivity index (χ2n) is 10.2. The summed E-state index contributed by atoms with van der Waals surface area (Å²) in [6.07, 6.45) is 4.53. The lowest BCUT2D eigenvalue weighted by atomic mass is 9.78. The summed E-state index contributed by atoms with van der Waals surface area (Å²) >= 11 is 0. The first-order chi connectivity index (χ1) is 16.3. The van der Waals surface area contributed by atoms with Crippen LogP contribution in [0.15, 0.2) is 18.3 Å². The molecule has 8 nitrogen and oxygen atoms in total. The molecule has 4 fully saturated rings. The second kappa shape index (κ2) is 8.94. The van der Waals surface area contributed by atoms with Crippen LogP contribution in [0.1, 0.15) is 43.0 Å². The van der Waals surface area contributed by atoms with E-state index in [2.05, 4.69) is 14.8 Å². The number of ether oxygens (including phenoxy) is 1. The molecular weight excluding hydrogens is 444 g/mol. The standard InChI is InChI=1S/C24H33F2N5O3/c1-2-34-22(33)31-15-23(16-31)6-5-18(14-23)28-10-12-29(13-11-28)20-19(4-3-8-27-20)21(32)30-9-7-24(25,26)17-30/h3-4,8,18H,2,5-7,9-17H2,1H3/t18-/m1/s1. The molecule has 3 aliphatic heterocycles. The molecule has 1 aromatic heterocycles. The molecule has 1 saturated carbocycles. The maximum atomic E-state index is 13.6. The fourth-order valence-corrected chi connectivity index (χ4v) is 6.08. The van der Waals surface area contributed by atoms with Gasteiger partial charge in [-0.1, -0.05) is 0 Å². The summed E-state index contributed by atoms with van der Waals surface area (Å²) in [6.45, 7) is 6.58. The molecule has 0 unspecified atom stereocenters. The van der Waals surface area contributed by atoms with Crippen LogP contribution in [0.2, 0.25) is 0 Å². The minimum absolute atomic E-state index is 0.0744. The third-order valence-electron chi connectivity index (χ3n) is 7.86. The van der Waals surface area contributed by atoms with E-state index in [1.165, 1.54) is 4.90 Å². The Balaban J connectivity index is 1.16. The number of nitrogens with zero attached hydrogens (tertiary/aromatic N) is 5. The summed E-state index contributed by atoms with van der Waals surface area (Å²) in [4.78, 5) is 37.0. The number of carbonyl (C=O) groups excluding carboxylic acids is 2. The highest BCUT2D eigenvalue weighted by atomic mass is 19.3. The predicted octanol–water partition coefficient (Wildman–Crippen LogP) is 2.70. The highest BCUT2D eigenvalue weighted by molar-refractivity contribution is 5.99. The van der Waals surface area contributed by atoms with E-state index < -0.39 is 12.5 Å². The van der Waals surface area contributed by atoms with Crippen LogP contribution in [0.5, 0.6) is 0 Å². The van der Waals surface area contributed by atoms with E-state index in [1.807, 2.05) is 6.92 Å². The van der Waals surface area contributed by atoms with Crippen LogP contribution in [0.3, 0.4) is 0 Å². The highest BCUT2D eigenvalue weighted by Gasteiger charge is 2.51. The lowest BCUT2D eigenvalue weighted by Gasteiger charge is -2.48. The van der Waals surface area contributed by atoms with Crippen LogP contribution in [-0.2, 0) is 4.74 Å². The summed E-state index contributed by atoms with van der Waals surface area (Å²) in [5.74, 6) is -2.58. The van der Waals surface area contributed by atoms with E-state index in [4.69, 9.17) is 4.74 Å². The van der Waals surface area contributed by atoms with Gasteiger partial charge in [0.1, 0.15) is 5.82 Å². The molecule has 0 N–H and O–H groups in total. The van der Waals surface area contributed by atoms with Crippen molar-refractivity contribution < 1.29 is 23.1 Å². The molecule has 2 amide bonds. The van der Waals surface area contributed by atoms with E-state index in [0.717, 1.165) is 58.5 Å². The number of hydrogen-bond acceptors (Lipinski definition) is 6. The fourth-order valence-electron chi connectivity index (χ4n) is 6.08. The molecule has 1 spiro atoms. The second-order valence-corrected chi connectivity index (χ2v) is 10.2. The first kappa shape index (κ1) is 23.3. The molecule has 34 heavy (non-hydrogen) atoms. The Bertz CT molecular complexity index is 931. The number of carbonyl (C=O) groups is 2. The smallest absolute Gasteiger partial charge is 0.409 e. The Kier molecular flexibility index (Phi) is 6.12. The predicted molar refractivity (Wildman–Crippen MR) is 122 cm³/mol. The van der Waals surface area contributed by atoms with Crippen molar-refractivity contribution >= 4 is 17.8 Å². The number of amides is 2. The topological polar surface area (TPSA) is 69.2 Å². The van der Waals surface area contributed by atoms with Gasteiger partial charge in [0.05, 0.1) is 18.7 Å². The number of likely N-dealkylation sites (tertiary alicyclic amines) is 2. The quantitative estimate of drug-likeness (QED) is 0.664. The minimum Gasteiger partial charge on any atom is -0.450 e. The van der Waals surface area contributed by atoms with Crippen molar-refractivity contribution in [1.82, 2.24) is 19.7 Å². The van der Waals surface area contributed by atoms with Crippen LogP contribution in [0.25, 0.3) is 0 Å². The van der Waals surface area contributed by atoms with E-state index in [-0.39, 0.29) is 30.4 Å². The summed E-state index contributed by atoms with van der Waals surface area (Å²) in [5, 5.41) is 0. The molecule has 3 saturated heterocycles. The summed E-state index contributed by atoms with van der Waals surface area (Å²) in [7, 11) is 0. The highest BCUT2D eigenvalue weighted by Crippen LogP contribution is 2.47. The average Bonchev–Trinajstić information content (AvgIpc) is 3.42. The zero-order chi connectivity index (χ0) is 23.9. The first-order valence-electron chi connectivity index (χ1n) is 12.3. The van der Waals surface area contributed by atoms with Crippen molar-refractivity contribution in [2.45, 2.75) is 44.6 Å². The van der Waals surface area contributed by atoms with E-state index in [1.54, 1.807) is 23.2 Å². The largest absolute Gasteiger partial charge is 0.450 e. The van der Waals surface area contributed by atoms with Crippen molar-refractivity contribution in [3.8, 4) is 0 Å². The molecule has 4 heterocycles. The summed E-state index contributed by atoms with van der Waals surface area (Å²) in [6, 6.07) is 3.89. The van der Waals surface area contributed by atoms with Crippen molar-refractivity contribution in [2.24, 2.45) is 5.41 Å². The molecule has 5 rings (SSSR count). The van der Waals surface area contributed by atoms with Gasteiger partial charge in [-0.05, 0) is 38.3 Å². The number of rotatable bonds is 4. The van der Waals surface area contributed by atoms with Crippen LogP contribution >= 0.6 is 0 Å². The van der Waals surface area contributed by atoms with Gasteiger partial charge in [0.15, 0.2) is 0 Å².